The van der Waals surface area contributed by atoms with Crippen LogP contribution in [0.15, 0.2) is 30.7 Å². The smallest absolute Gasteiger partial charge is 0.271 e. The van der Waals surface area contributed by atoms with Crippen molar-refractivity contribution in [3.63, 3.8) is 0 Å². The molecule has 1 unspecified atom stereocenters. The summed E-state index contributed by atoms with van der Waals surface area (Å²) in [5.74, 6) is -0.154. The first-order valence-electron chi connectivity index (χ1n) is 9.36. The minimum Gasteiger partial charge on any atom is -0.348 e. The fraction of sp³-hybridized carbons (Fsp3) is 0.450. The number of nitrogens with zero attached hydrogens (tertiary/aromatic N) is 4. The van der Waals surface area contributed by atoms with E-state index in [1.807, 2.05) is 30.9 Å². The van der Waals surface area contributed by atoms with Crippen LogP contribution in [-0.2, 0) is 0 Å². The van der Waals surface area contributed by atoms with Crippen LogP contribution in [-0.4, -0.2) is 49.8 Å². The molecule has 2 aliphatic heterocycles. The van der Waals surface area contributed by atoms with Gasteiger partial charge < -0.3 is 10.2 Å². The Morgan fingerprint density at radius 2 is 1.67 bits per heavy atom. The summed E-state index contributed by atoms with van der Waals surface area (Å²) in [4.78, 5) is 39.9. The fourth-order valence-corrected chi connectivity index (χ4v) is 4.14. The van der Waals surface area contributed by atoms with Gasteiger partial charge in [0.15, 0.2) is 0 Å². The second-order valence-corrected chi connectivity index (χ2v) is 7.47. The minimum absolute atomic E-state index is 0.0455. The molecule has 4 heterocycles. The number of amides is 2. The highest BCUT2D eigenvalue weighted by Crippen LogP contribution is 2.36. The first-order valence-corrected chi connectivity index (χ1v) is 9.36. The van der Waals surface area contributed by atoms with E-state index in [9.17, 15) is 9.59 Å². The molecule has 0 spiro atoms. The topological polar surface area (TPSA) is 88.1 Å². The maximum absolute atomic E-state index is 12.9. The van der Waals surface area contributed by atoms with Gasteiger partial charge in [0.1, 0.15) is 5.69 Å². The molecule has 2 bridgehead atoms. The van der Waals surface area contributed by atoms with Gasteiger partial charge in [-0.05, 0) is 51.7 Å². The van der Waals surface area contributed by atoms with Gasteiger partial charge in [-0.2, -0.15) is 0 Å². The molecule has 27 heavy (non-hydrogen) atoms. The quantitative estimate of drug-likeness (QED) is 0.899. The highest BCUT2D eigenvalue weighted by Gasteiger charge is 2.43. The lowest BCUT2D eigenvalue weighted by molar-refractivity contribution is 0.0549. The third-order valence-corrected chi connectivity index (χ3v) is 5.47. The predicted octanol–water partition coefficient (Wildman–Crippen LogP) is 2.05. The number of aromatic nitrogens is 3. The Morgan fingerprint density at radius 3 is 2.26 bits per heavy atom. The molecule has 0 aliphatic carbocycles. The number of hydrogen-bond acceptors (Lipinski definition) is 5. The van der Waals surface area contributed by atoms with Gasteiger partial charge in [-0.15, -0.1) is 0 Å². The lowest BCUT2D eigenvalue weighted by Gasteiger charge is -2.39. The van der Waals surface area contributed by atoms with Crippen molar-refractivity contribution in [3.8, 4) is 0 Å². The minimum atomic E-state index is -0.200. The normalized spacial score (nSPS) is 23.9. The lowest BCUT2D eigenvalue weighted by Crippen LogP contribution is -2.52. The van der Waals surface area contributed by atoms with E-state index < -0.39 is 0 Å². The molecular formula is C20H23N5O2. The van der Waals surface area contributed by atoms with Gasteiger partial charge in [-0.1, -0.05) is 0 Å². The van der Waals surface area contributed by atoms with E-state index in [1.54, 1.807) is 12.4 Å². The number of carbonyl (C=O) groups excluding carboxylic acids is 2. The first kappa shape index (κ1) is 17.6. The SMILES string of the molecule is Cc1ccc(C(=O)N2[C@@H]3CC[C@H]2CC(NC(=O)c2cnc(C)cn2)C3)cn1. The van der Waals surface area contributed by atoms with Crippen LogP contribution in [0.5, 0.6) is 0 Å². The van der Waals surface area contributed by atoms with Gasteiger partial charge in [0.05, 0.1) is 17.5 Å². The molecular weight excluding hydrogens is 342 g/mol. The Bertz CT molecular complexity index is 836. The molecule has 140 valence electrons. The molecule has 7 heteroatoms. The van der Waals surface area contributed by atoms with E-state index >= 15 is 0 Å². The van der Waals surface area contributed by atoms with Gasteiger partial charge in [0.2, 0.25) is 0 Å². The summed E-state index contributed by atoms with van der Waals surface area (Å²) >= 11 is 0. The zero-order chi connectivity index (χ0) is 19.0. The molecule has 0 aromatic carbocycles. The molecule has 2 aromatic rings. The number of piperidine rings is 1. The number of aryl methyl sites for hydroxylation is 2. The molecule has 2 aliphatic rings. The van der Waals surface area contributed by atoms with Gasteiger partial charge in [-0.3, -0.25) is 19.6 Å². The highest BCUT2D eigenvalue weighted by atomic mass is 16.2. The molecule has 1 N–H and O–H groups in total. The van der Waals surface area contributed by atoms with Gasteiger partial charge in [0, 0.05) is 36.2 Å². The van der Waals surface area contributed by atoms with Crippen molar-refractivity contribution in [2.45, 2.75) is 57.7 Å². The average Bonchev–Trinajstić information content (AvgIpc) is 2.93. The van der Waals surface area contributed by atoms with Crippen molar-refractivity contribution in [2.24, 2.45) is 0 Å². The zero-order valence-electron chi connectivity index (χ0n) is 15.6. The predicted molar refractivity (Wildman–Crippen MR) is 99.2 cm³/mol. The fourth-order valence-electron chi connectivity index (χ4n) is 4.14. The van der Waals surface area contributed by atoms with Crippen molar-refractivity contribution in [1.29, 1.82) is 0 Å². The Labute approximate surface area is 158 Å². The summed E-state index contributed by atoms with van der Waals surface area (Å²) in [5.41, 5.74) is 2.64. The summed E-state index contributed by atoms with van der Waals surface area (Å²) in [7, 11) is 0. The molecule has 2 saturated heterocycles. The van der Waals surface area contributed by atoms with E-state index in [0.717, 1.165) is 37.1 Å². The second-order valence-electron chi connectivity index (χ2n) is 7.47. The molecule has 2 amide bonds. The van der Waals surface area contributed by atoms with Crippen LogP contribution in [0.3, 0.4) is 0 Å². The summed E-state index contributed by atoms with van der Waals surface area (Å²) < 4.78 is 0. The molecule has 0 radical (unpaired) electrons. The van der Waals surface area contributed by atoms with Crippen LogP contribution < -0.4 is 5.32 Å². The number of pyridine rings is 1. The summed E-state index contributed by atoms with van der Waals surface area (Å²) in [6, 6.07) is 4.08. The third-order valence-electron chi connectivity index (χ3n) is 5.47. The summed E-state index contributed by atoms with van der Waals surface area (Å²) in [6.45, 7) is 3.74. The number of nitrogens with one attached hydrogen (secondary N) is 1. The van der Waals surface area contributed by atoms with Gasteiger partial charge in [-0.25, -0.2) is 4.98 Å². The van der Waals surface area contributed by atoms with E-state index in [1.165, 1.54) is 6.20 Å². The lowest BCUT2D eigenvalue weighted by atomic mass is 9.96. The summed E-state index contributed by atoms with van der Waals surface area (Å²) in [5, 5.41) is 3.07. The Hall–Kier alpha value is -2.83. The van der Waals surface area contributed by atoms with E-state index in [0.29, 0.717) is 11.3 Å². The Balaban J connectivity index is 1.42. The van der Waals surface area contributed by atoms with Gasteiger partial charge in [0.25, 0.3) is 11.8 Å². The highest BCUT2D eigenvalue weighted by molar-refractivity contribution is 5.95. The molecule has 4 rings (SSSR count). The van der Waals surface area contributed by atoms with Crippen molar-refractivity contribution >= 4 is 11.8 Å². The van der Waals surface area contributed by atoms with Crippen LogP contribution in [0.25, 0.3) is 0 Å². The number of fused-ring (bicyclic) bond motifs is 2. The van der Waals surface area contributed by atoms with Crippen LogP contribution in [0, 0.1) is 13.8 Å². The summed E-state index contributed by atoms with van der Waals surface area (Å²) in [6.07, 6.45) is 8.25. The van der Waals surface area contributed by atoms with Gasteiger partial charge >= 0.3 is 0 Å². The molecule has 3 atom stereocenters. The number of rotatable bonds is 3. The molecule has 2 aromatic heterocycles. The molecule has 2 fully saturated rings. The largest absolute Gasteiger partial charge is 0.348 e. The van der Waals surface area contributed by atoms with E-state index in [4.69, 9.17) is 0 Å². The first-order chi connectivity index (χ1) is 13.0. The monoisotopic (exact) mass is 365 g/mol. The molecule has 7 nitrogen and oxygen atoms in total. The van der Waals surface area contributed by atoms with Crippen LogP contribution in [0.1, 0.15) is 57.9 Å². The number of carbonyl (C=O) groups is 2. The van der Waals surface area contributed by atoms with Crippen molar-refractivity contribution in [3.05, 3.63) is 53.4 Å². The standard InChI is InChI=1S/C20H23N5O2/c1-12-3-4-14(10-21-12)20(27)25-16-5-6-17(25)8-15(7-16)24-19(26)18-11-22-13(2)9-23-18/h3-4,9-11,15-17H,5-8H2,1-2H3,(H,24,26)/t15?,16-,17+. The van der Waals surface area contributed by atoms with Crippen LogP contribution in [0.4, 0.5) is 0 Å². The second kappa shape index (κ2) is 7.06. The third kappa shape index (κ3) is 3.54. The average molecular weight is 365 g/mol. The Morgan fingerprint density at radius 1 is 0.963 bits per heavy atom. The van der Waals surface area contributed by atoms with Crippen molar-refractivity contribution < 1.29 is 9.59 Å². The van der Waals surface area contributed by atoms with E-state index in [-0.39, 0.29) is 29.9 Å². The maximum Gasteiger partial charge on any atom is 0.271 e. The van der Waals surface area contributed by atoms with Crippen molar-refractivity contribution in [1.82, 2.24) is 25.2 Å². The zero-order valence-corrected chi connectivity index (χ0v) is 15.6. The maximum atomic E-state index is 12.9. The van der Waals surface area contributed by atoms with Crippen LogP contribution >= 0.6 is 0 Å². The Kier molecular flexibility index (Phi) is 4.59. The van der Waals surface area contributed by atoms with Crippen molar-refractivity contribution in [2.75, 3.05) is 0 Å². The number of hydrogen-bond donors (Lipinski definition) is 1. The van der Waals surface area contributed by atoms with Crippen LogP contribution in [0.2, 0.25) is 0 Å². The molecule has 0 saturated carbocycles. The van der Waals surface area contributed by atoms with E-state index in [2.05, 4.69) is 20.3 Å².